The van der Waals surface area contributed by atoms with Crippen LogP contribution in [0.1, 0.15) is 126 Å². The van der Waals surface area contributed by atoms with Gasteiger partial charge in [-0.2, -0.15) is 8.42 Å². The minimum atomic E-state index is -4.73. The summed E-state index contributed by atoms with van der Waals surface area (Å²) < 4.78 is 56.6. The van der Waals surface area contributed by atoms with Gasteiger partial charge in [-0.25, -0.2) is 0 Å². The van der Waals surface area contributed by atoms with Crippen LogP contribution < -0.4 is 5.32 Å². The minimum absolute atomic E-state index is 0.154. The van der Waals surface area contributed by atoms with Crippen LogP contribution in [-0.4, -0.2) is 108 Å². The highest BCUT2D eigenvalue weighted by Crippen LogP contribution is 2.27. The standard InChI is InChI=1S/C37H58I3NO13S/c1-2-3-4-5-6-7-8-9-10-11-12-13-14-15-16-17-30(43)51-22-26(42)23-52-37-34(46)33(45)35(29(53-37)24-55(48,49)50)54-31(44)18-19-41-36(47)27-20-25(38)21-28(39)32(27)40/h20-21,26,29,33-35,37,42,45-46H,2-19,22-24H2,1H3,(H,41,47)(H,48,49,50). The van der Waals surface area contributed by atoms with Gasteiger partial charge in [0, 0.05) is 23.7 Å². The number of esters is 2. The third-order valence-corrected chi connectivity index (χ3v) is 13.4. The Labute approximate surface area is 366 Å². The fourth-order valence-corrected chi connectivity index (χ4v) is 9.08. The average Bonchev–Trinajstić information content (AvgIpc) is 3.12. The average molecular weight is 1140 g/mol. The number of hydrogen-bond acceptors (Lipinski definition) is 12. The van der Waals surface area contributed by atoms with Crippen molar-refractivity contribution in [1.29, 1.82) is 0 Å². The van der Waals surface area contributed by atoms with Gasteiger partial charge in [-0.15, -0.1) is 0 Å². The van der Waals surface area contributed by atoms with E-state index in [0.29, 0.717) is 12.0 Å². The van der Waals surface area contributed by atoms with E-state index in [1.807, 2.05) is 28.7 Å². The van der Waals surface area contributed by atoms with Gasteiger partial charge in [-0.3, -0.25) is 18.9 Å². The molecule has 1 aromatic rings. The highest BCUT2D eigenvalue weighted by molar-refractivity contribution is 14.1. The lowest BCUT2D eigenvalue weighted by Gasteiger charge is -2.41. The van der Waals surface area contributed by atoms with Crippen molar-refractivity contribution in [1.82, 2.24) is 5.32 Å². The maximum absolute atomic E-state index is 12.7. The Morgan fingerprint density at radius 1 is 0.818 bits per heavy atom. The second-order valence-electron chi connectivity index (χ2n) is 13.9. The molecule has 55 heavy (non-hydrogen) atoms. The number of nitrogens with one attached hydrogen (secondary N) is 1. The molecule has 0 spiro atoms. The molecule has 18 heteroatoms. The topological polar surface area (TPSA) is 215 Å². The molecule has 1 fully saturated rings. The fourth-order valence-electron chi connectivity index (χ4n) is 5.99. The van der Waals surface area contributed by atoms with Crippen molar-refractivity contribution in [3.63, 3.8) is 0 Å². The predicted octanol–water partition coefficient (Wildman–Crippen LogP) is 6.05. The summed E-state index contributed by atoms with van der Waals surface area (Å²) in [5.74, 6) is -2.97. The molecule has 5 N–H and O–H groups in total. The van der Waals surface area contributed by atoms with Gasteiger partial charge in [0.2, 0.25) is 0 Å². The van der Waals surface area contributed by atoms with Gasteiger partial charge in [0.05, 0.1) is 18.6 Å². The highest BCUT2D eigenvalue weighted by Gasteiger charge is 2.48. The van der Waals surface area contributed by atoms with Crippen LogP contribution in [0.3, 0.4) is 0 Å². The Balaban J connectivity index is 1.68. The molecule has 0 aromatic heterocycles. The summed E-state index contributed by atoms with van der Waals surface area (Å²) in [6.07, 6.45) is 7.76. The molecule has 14 nitrogen and oxygen atoms in total. The molecule has 1 saturated heterocycles. The van der Waals surface area contributed by atoms with Gasteiger partial charge in [0.1, 0.15) is 36.8 Å². The van der Waals surface area contributed by atoms with Gasteiger partial charge < -0.3 is 39.6 Å². The second-order valence-corrected chi connectivity index (χ2v) is 18.8. The molecule has 1 aliphatic heterocycles. The zero-order valence-electron chi connectivity index (χ0n) is 31.5. The summed E-state index contributed by atoms with van der Waals surface area (Å²) in [5.41, 5.74) is 0.419. The van der Waals surface area contributed by atoms with Crippen LogP contribution in [0.5, 0.6) is 0 Å². The molecule has 1 aliphatic rings. The van der Waals surface area contributed by atoms with Gasteiger partial charge in [0.25, 0.3) is 16.0 Å². The number of carbonyl (C=O) groups excluding carboxylic acids is 3. The molecule has 0 bridgehead atoms. The predicted molar refractivity (Wildman–Crippen MR) is 231 cm³/mol. The SMILES string of the molecule is CCCCCCCCCCCCCCCCCC(=O)OCC(O)COC1OC(CS(=O)(=O)O)C(OC(=O)CCNC(=O)c2cc(I)cc(I)c2I)C(O)C1O. The Kier molecular flexibility index (Phi) is 25.9. The molecule has 0 aliphatic carbocycles. The highest BCUT2D eigenvalue weighted by atomic mass is 127. The molecule has 1 aromatic carbocycles. The largest absolute Gasteiger partial charge is 0.463 e. The number of hydrogen-bond donors (Lipinski definition) is 5. The van der Waals surface area contributed by atoms with E-state index in [-0.39, 0.29) is 19.4 Å². The lowest BCUT2D eigenvalue weighted by Crippen LogP contribution is -2.61. The summed E-state index contributed by atoms with van der Waals surface area (Å²) >= 11 is 6.24. The number of benzene rings is 1. The molecular formula is C37H58I3NO13S. The minimum Gasteiger partial charge on any atom is -0.463 e. The van der Waals surface area contributed by atoms with Crippen molar-refractivity contribution >= 4 is 95.7 Å². The van der Waals surface area contributed by atoms with Crippen LogP contribution in [0, 0.1) is 10.7 Å². The number of unbranched alkanes of at least 4 members (excludes halogenated alkanes) is 14. The first-order chi connectivity index (χ1) is 26.1. The Morgan fingerprint density at radius 3 is 1.95 bits per heavy atom. The molecule has 0 radical (unpaired) electrons. The maximum atomic E-state index is 12.7. The van der Waals surface area contributed by atoms with E-state index >= 15 is 0 Å². The lowest BCUT2D eigenvalue weighted by molar-refractivity contribution is -0.299. The summed E-state index contributed by atoms with van der Waals surface area (Å²) in [7, 11) is -4.73. The van der Waals surface area contributed by atoms with E-state index in [4.69, 9.17) is 18.9 Å². The van der Waals surface area contributed by atoms with E-state index in [0.717, 1.165) is 30.0 Å². The molecule has 2 rings (SSSR count). The Bertz CT molecular complexity index is 1420. The van der Waals surface area contributed by atoms with E-state index in [9.17, 15) is 42.7 Å². The Morgan fingerprint density at radius 2 is 1.38 bits per heavy atom. The third kappa shape index (κ3) is 21.4. The van der Waals surface area contributed by atoms with E-state index in [1.54, 1.807) is 6.07 Å². The number of halogens is 3. The van der Waals surface area contributed by atoms with Crippen LogP contribution in [0.4, 0.5) is 0 Å². The van der Waals surface area contributed by atoms with Crippen LogP contribution in [0.2, 0.25) is 0 Å². The number of rotatable bonds is 28. The van der Waals surface area contributed by atoms with Gasteiger partial charge in [-0.05, 0) is 86.3 Å². The van der Waals surface area contributed by atoms with Crippen molar-refractivity contribution in [2.45, 2.75) is 153 Å². The molecule has 6 unspecified atom stereocenters. The summed E-state index contributed by atoms with van der Waals surface area (Å²) in [4.78, 5) is 37.5. The zero-order chi connectivity index (χ0) is 40.8. The van der Waals surface area contributed by atoms with E-state index < -0.39 is 83.7 Å². The molecular weight excluding hydrogens is 1080 g/mol. The number of ether oxygens (including phenoxy) is 4. The van der Waals surface area contributed by atoms with Crippen molar-refractivity contribution in [2.75, 3.05) is 25.5 Å². The third-order valence-electron chi connectivity index (χ3n) is 9.01. The smallest absolute Gasteiger partial charge is 0.308 e. The van der Waals surface area contributed by atoms with Crippen LogP contribution in [-0.2, 0) is 38.7 Å². The lowest BCUT2D eigenvalue weighted by atomic mass is 9.99. The fraction of sp³-hybridized carbons (Fsp3) is 0.757. The number of carbonyl (C=O) groups is 3. The van der Waals surface area contributed by atoms with Crippen molar-refractivity contribution < 1.29 is 61.6 Å². The van der Waals surface area contributed by atoms with Crippen molar-refractivity contribution in [2.24, 2.45) is 0 Å². The van der Waals surface area contributed by atoms with E-state index in [2.05, 4.69) is 57.4 Å². The molecule has 0 saturated carbocycles. The summed E-state index contributed by atoms with van der Waals surface area (Å²) in [6.45, 7) is 1.15. The van der Waals surface area contributed by atoms with Crippen molar-refractivity contribution in [3.8, 4) is 0 Å². The summed E-state index contributed by atoms with van der Waals surface area (Å²) in [6, 6.07) is 3.60. The van der Waals surface area contributed by atoms with Gasteiger partial charge in [-0.1, -0.05) is 96.8 Å². The Hall–Kier alpha value is -0.470. The monoisotopic (exact) mass is 1140 g/mol. The maximum Gasteiger partial charge on any atom is 0.308 e. The number of amides is 1. The molecule has 316 valence electrons. The first kappa shape index (κ1) is 50.7. The van der Waals surface area contributed by atoms with Crippen LogP contribution >= 0.6 is 67.8 Å². The molecule has 1 amide bonds. The second kappa shape index (κ2) is 28.1. The number of aliphatic hydroxyl groups excluding tert-OH is 3. The van der Waals surface area contributed by atoms with Gasteiger partial charge >= 0.3 is 11.9 Å². The summed E-state index contributed by atoms with van der Waals surface area (Å²) in [5, 5.41) is 34.3. The normalized spacial score (nSPS) is 20.5. The first-order valence-corrected chi connectivity index (χ1v) is 24.0. The van der Waals surface area contributed by atoms with E-state index in [1.165, 1.54) is 70.6 Å². The van der Waals surface area contributed by atoms with Gasteiger partial charge in [0.15, 0.2) is 12.4 Å². The van der Waals surface area contributed by atoms with Crippen LogP contribution in [0.15, 0.2) is 12.1 Å². The number of aliphatic hydroxyl groups is 3. The van der Waals surface area contributed by atoms with Crippen LogP contribution in [0.25, 0.3) is 0 Å². The molecule has 6 atom stereocenters. The quantitative estimate of drug-likeness (QED) is 0.0213. The van der Waals surface area contributed by atoms with Crippen molar-refractivity contribution in [3.05, 3.63) is 28.4 Å². The zero-order valence-corrected chi connectivity index (χ0v) is 38.8. The first-order valence-electron chi connectivity index (χ1n) is 19.2. The molecule has 1 heterocycles.